The van der Waals surface area contributed by atoms with Gasteiger partial charge in [0.1, 0.15) is 0 Å². The number of amides is 3. The zero-order valence-corrected chi connectivity index (χ0v) is 16.6. The number of rotatable bonds is 3. The summed E-state index contributed by atoms with van der Waals surface area (Å²) in [4.78, 5) is 40.7. The molecule has 2 aromatic rings. The van der Waals surface area contributed by atoms with Crippen LogP contribution in [-0.2, 0) is 17.6 Å². The predicted octanol–water partition coefficient (Wildman–Crippen LogP) is 3.07. The van der Waals surface area contributed by atoms with Gasteiger partial charge in [0.15, 0.2) is 0 Å². The lowest BCUT2D eigenvalue weighted by Gasteiger charge is -2.19. The maximum Gasteiger partial charge on any atom is 0.279 e. The number of nitrogens with zero attached hydrogens (tertiary/aromatic N) is 1. The molecule has 2 heterocycles. The Morgan fingerprint density at radius 2 is 1.93 bits per heavy atom. The number of thiophene rings is 1. The standard InChI is InChI=1S/C21H23N3O3S/c1-13-8-9-17-14(11-13)12-18(28-17)21(27)23-22-20(26)15-5-2-3-6-16(15)24-10-4-7-19(24)25/h2-3,5-6,12-13H,4,7-11H2,1H3,(H,22,26)(H,23,27)/t13-/m0/s1. The molecule has 3 amide bonds. The minimum absolute atomic E-state index is 0.0164. The highest BCUT2D eigenvalue weighted by molar-refractivity contribution is 7.14. The molecule has 4 rings (SSSR count). The summed E-state index contributed by atoms with van der Waals surface area (Å²) in [5.74, 6) is -0.0843. The second kappa shape index (κ2) is 7.75. The van der Waals surface area contributed by atoms with E-state index in [1.54, 1.807) is 29.2 Å². The number of hydrazine groups is 1. The van der Waals surface area contributed by atoms with Gasteiger partial charge in [0.2, 0.25) is 5.91 Å². The molecular weight excluding hydrogens is 374 g/mol. The molecule has 0 saturated carbocycles. The van der Waals surface area contributed by atoms with Gasteiger partial charge in [-0.1, -0.05) is 19.1 Å². The highest BCUT2D eigenvalue weighted by atomic mass is 32.1. The molecule has 7 heteroatoms. The molecule has 2 aliphatic rings. The van der Waals surface area contributed by atoms with Gasteiger partial charge >= 0.3 is 0 Å². The van der Waals surface area contributed by atoms with E-state index in [0.717, 1.165) is 25.7 Å². The second-order valence-corrected chi connectivity index (χ2v) is 8.62. The molecule has 146 valence electrons. The Kier molecular flexibility index (Phi) is 5.17. The van der Waals surface area contributed by atoms with E-state index in [-0.39, 0.29) is 11.8 Å². The fourth-order valence-corrected chi connectivity index (χ4v) is 4.97. The molecule has 1 saturated heterocycles. The van der Waals surface area contributed by atoms with E-state index in [1.165, 1.54) is 21.8 Å². The lowest BCUT2D eigenvalue weighted by atomic mass is 9.90. The van der Waals surface area contributed by atoms with Crippen molar-refractivity contribution in [2.45, 2.75) is 39.0 Å². The topological polar surface area (TPSA) is 78.5 Å². The van der Waals surface area contributed by atoms with Gasteiger partial charge in [0.05, 0.1) is 16.1 Å². The number of nitrogens with one attached hydrogen (secondary N) is 2. The lowest BCUT2D eigenvalue weighted by molar-refractivity contribution is -0.117. The van der Waals surface area contributed by atoms with Crippen molar-refractivity contribution in [3.63, 3.8) is 0 Å². The molecule has 1 aromatic heterocycles. The first-order valence-electron chi connectivity index (χ1n) is 9.64. The van der Waals surface area contributed by atoms with Gasteiger partial charge in [0.25, 0.3) is 11.8 Å². The van der Waals surface area contributed by atoms with Crippen LogP contribution in [0.4, 0.5) is 5.69 Å². The summed E-state index contributed by atoms with van der Waals surface area (Å²) in [6.45, 7) is 2.83. The molecule has 0 radical (unpaired) electrons. The Morgan fingerprint density at radius 1 is 1.14 bits per heavy atom. The highest BCUT2D eigenvalue weighted by Crippen LogP contribution is 2.32. The fourth-order valence-electron chi connectivity index (χ4n) is 3.86. The van der Waals surface area contributed by atoms with E-state index in [0.29, 0.717) is 35.0 Å². The third-order valence-electron chi connectivity index (χ3n) is 5.36. The summed E-state index contributed by atoms with van der Waals surface area (Å²) in [5, 5.41) is 0. The minimum atomic E-state index is -0.432. The van der Waals surface area contributed by atoms with Crippen LogP contribution in [0.25, 0.3) is 0 Å². The van der Waals surface area contributed by atoms with Gasteiger partial charge in [-0.05, 0) is 55.4 Å². The molecular formula is C21H23N3O3S. The third kappa shape index (κ3) is 3.67. The van der Waals surface area contributed by atoms with Gasteiger partial charge in [-0.2, -0.15) is 0 Å². The van der Waals surface area contributed by atoms with Gasteiger partial charge in [-0.25, -0.2) is 0 Å². The summed E-state index contributed by atoms with van der Waals surface area (Å²) < 4.78 is 0. The van der Waals surface area contributed by atoms with E-state index in [9.17, 15) is 14.4 Å². The van der Waals surface area contributed by atoms with Crippen molar-refractivity contribution in [3.8, 4) is 0 Å². The minimum Gasteiger partial charge on any atom is -0.312 e. The number of benzene rings is 1. The molecule has 28 heavy (non-hydrogen) atoms. The third-order valence-corrected chi connectivity index (χ3v) is 6.59. The molecule has 1 aliphatic heterocycles. The zero-order chi connectivity index (χ0) is 19.7. The number of anilines is 1. The van der Waals surface area contributed by atoms with Crippen LogP contribution in [0.15, 0.2) is 30.3 Å². The largest absolute Gasteiger partial charge is 0.312 e. The van der Waals surface area contributed by atoms with Crippen LogP contribution >= 0.6 is 11.3 Å². The van der Waals surface area contributed by atoms with Crippen molar-refractivity contribution in [1.82, 2.24) is 10.9 Å². The second-order valence-electron chi connectivity index (χ2n) is 7.48. The Morgan fingerprint density at radius 3 is 2.71 bits per heavy atom. The van der Waals surface area contributed by atoms with E-state index < -0.39 is 5.91 Å². The Labute approximate surface area is 167 Å². The van der Waals surface area contributed by atoms with Crippen LogP contribution in [0.1, 0.15) is 56.7 Å². The molecule has 1 aromatic carbocycles. The molecule has 0 unspecified atom stereocenters. The molecule has 1 atom stereocenters. The molecule has 6 nitrogen and oxygen atoms in total. The van der Waals surface area contributed by atoms with E-state index in [4.69, 9.17) is 0 Å². The maximum absolute atomic E-state index is 12.6. The van der Waals surface area contributed by atoms with Crippen LogP contribution in [0.5, 0.6) is 0 Å². The normalized spacial score (nSPS) is 18.7. The van der Waals surface area contributed by atoms with Gasteiger partial charge in [0, 0.05) is 17.8 Å². The summed E-state index contributed by atoms with van der Waals surface area (Å²) in [6, 6.07) is 8.90. The van der Waals surface area contributed by atoms with Crippen molar-refractivity contribution in [1.29, 1.82) is 0 Å². The number of carbonyl (C=O) groups excluding carboxylic acids is 3. The van der Waals surface area contributed by atoms with Crippen molar-refractivity contribution in [2.75, 3.05) is 11.4 Å². The van der Waals surface area contributed by atoms with Crippen LogP contribution in [0, 0.1) is 5.92 Å². The first-order chi connectivity index (χ1) is 13.5. The van der Waals surface area contributed by atoms with Crippen molar-refractivity contribution in [3.05, 3.63) is 51.2 Å². The summed E-state index contributed by atoms with van der Waals surface area (Å²) in [6.07, 6.45) is 4.44. The van der Waals surface area contributed by atoms with Gasteiger partial charge in [-0.3, -0.25) is 25.2 Å². The Hall–Kier alpha value is -2.67. The lowest BCUT2D eigenvalue weighted by Crippen LogP contribution is -2.42. The van der Waals surface area contributed by atoms with Crippen LogP contribution in [0.3, 0.4) is 0 Å². The average molecular weight is 398 g/mol. The van der Waals surface area contributed by atoms with Gasteiger partial charge < -0.3 is 4.90 Å². The first-order valence-corrected chi connectivity index (χ1v) is 10.5. The molecule has 1 fully saturated rings. The molecule has 1 aliphatic carbocycles. The summed E-state index contributed by atoms with van der Waals surface area (Å²) >= 11 is 1.50. The molecule has 0 spiro atoms. The van der Waals surface area contributed by atoms with Crippen molar-refractivity contribution in [2.24, 2.45) is 5.92 Å². The number of para-hydroxylation sites is 1. The summed E-state index contributed by atoms with van der Waals surface area (Å²) in [7, 11) is 0. The number of fused-ring (bicyclic) bond motifs is 1. The van der Waals surface area contributed by atoms with E-state index in [1.807, 2.05) is 6.07 Å². The number of carbonyl (C=O) groups is 3. The zero-order valence-electron chi connectivity index (χ0n) is 15.8. The quantitative estimate of drug-likeness (QED) is 0.782. The SMILES string of the molecule is C[C@H]1CCc2sc(C(=O)NNC(=O)c3ccccc3N3CCCC3=O)cc2C1. The smallest absolute Gasteiger partial charge is 0.279 e. The van der Waals surface area contributed by atoms with Crippen LogP contribution < -0.4 is 15.8 Å². The van der Waals surface area contributed by atoms with Crippen molar-refractivity contribution >= 4 is 34.7 Å². The Bertz CT molecular complexity index is 937. The number of hydrogen-bond acceptors (Lipinski definition) is 4. The summed E-state index contributed by atoms with van der Waals surface area (Å²) in [5.41, 5.74) is 7.21. The fraction of sp³-hybridized carbons (Fsp3) is 0.381. The van der Waals surface area contributed by atoms with Crippen molar-refractivity contribution < 1.29 is 14.4 Å². The number of aryl methyl sites for hydroxylation is 1. The first kappa shape index (κ1) is 18.7. The molecule has 2 N–H and O–H groups in total. The molecule has 0 bridgehead atoms. The van der Waals surface area contributed by atoms with Crippen LogP contribution in [0.2, 0.25) is 0 Å². The van der Waals surface area contributed by atoms with E-state index in [2.05, 4.69) is 17.8 Å². The number of hydrogen-bond donors (Lipinski definition) is 2. The highest BCUT2D eigenvalue weighted by Gasteiger charge is 2.26. The van der Waals surface area contributed by atoms with Gasteiger partial charge in [-0.15, -0.1) is 11.3 Å². The predicted molar refractivity (Wildman–Crippen MR) is 108 cm³/mol. The average Bonchev–Trinajstić information content (AvgIpc) is 3.31. The van der Waals surface area contributed by atoms with Crippen LogP contribution in [-0.4, -0.2) is 24.3 Å². The van der Waals surface area contributed by atoms with E-state index >= 15 is 0 Å². The maximum atomic E-state index is 12.6. The monoisotopic (exact) mass is 397 g/mol. The Balaban J connectivity index is 1.44.